The molecule has 3 nitrogen and oxygen atoms in total. The lowest BCUT2D eigenvalue weighted by Gasteiger charge is -2.15. The summed E-state index contributed by atoms with van der Waals surface area (Å²) in [6.45, 7) is 4.16. The van der Waals surface area contributed by atoms with Gasteiger partial charge in [-0.3, -0.25) is 4.79 Å². The van der Waals surface area contributed by atoms with E-state index in [4.69, 9.17) is 28.9 Å². The predicted molar refractivity (Wildman–Crippen MR) is 71.1 cm³/mol. The second-order valence-electron chi connectivity index (χ2n) is 4.22. The van der Waals surface area contributed by atoms with Gasteiger partial charge in [0.25, 0.3) is 0 Å². The number of carbonyl (C=O) groups excluding carboxylic acids is 1. The fraction of sp³-hybridized carbons (Fsp3) is 0.417. The summed E-state index contributed by atoms with van der Waals surface area (Å²) >= 11 is 11.8. The van der Waals surface area contributed by atoms with Crippen LogP contribution in [0.1, 0.15) is 19.4 Å². The normalized spacial score (nSPS) is 12.6. The van der Waals surface area contributed by atoms with Crippen LogP contribution in [0.5, 0.6) is 0 Å². The molecule has 5 heteroatoms. The molecule has 0 bridgehead atoms. The van der Waals surface area contributed by atoms with Crippen molar-refractivity contribution in [1.29, 1.82) is 0 Å². The molecule has 1 rings (SSSR count). The Balaban J connectivity index is 2.59. The maximum atomic E-state index is 11.6. The minimum absolute atomic E-state index is 0.107. The molecule has 0 aliphatic rings. The Hall–Kier alpha value is -0.770. The van der Waals surface area contributed by atoms with Gasteiger partial charge in [-0.1, -0.05) is 43.1 Å². The molecule has 0 fully saturated rings. The lowest BCUT2D eigenvalue weighted by atomic mass is 10.0. The fourth-order valence-corrected chi connectivity index (χ4v) is 1.74. The molecule has 17 heavy (non-hydrogen) atoms. The van der Waals surface area contributed by atoms with Crippen molar-refractivity contribution >= 4 is 29.1 Å². The molecule has 1 aromatic rings. The quantitative estimate of drug-likeness (QED) is 0.887. The van der Waals surface area contributed by atoms with Crippen LogP contribution in [0.2, 0.25) is 10.0 Å². The highest BCUT2D eigenvalue weighted by molar-refractivity contribution is 6.35. The van der Waals surface area contributed by atoms with E-state index in [-0.39, 0.29) is 11.8 Å². The average Bonchev–Trinajstić information content (AvgIpc) is 2.26. The van der Waals surface area contributed by atoms with Gasteiger partial charge in [-0.15, -0.1) is 0 Å². The zero-order valence-corrected chi connectivity index (χ0v) is 11.3. The molecule has 3 N–H and O–H groups in total. The molecule has 0 unspecified atom stereocenters. The molecule has 0 spiro atoms. The van der Waals surface area contributed by atoms with Crippen molar-refractivity contribution in [3.63, 3.8) is 0 Å². The van der Waals surface area contributed by atoms with Crippen molar-refractivity contribution in [3.8, 4) is 0 Å². The zero-order valence-electron chi connectivity index (χ0n) is 9.84. The topological polar surface area (TPSA) is 55.1 Å². The highest BCUT2D eigenvalue weighted by Gasteiger charge is 2.16. The van der Waals surface area contributed by atoms with Gasteiger partial charge >= 0.3 is 0 Å². The van der Waals surface area contributed by atoms with E-state index in [2.05, 4.69) is 5.32 Å². The Bertz CT molecular complexity index is 407. The molecule has 0 aromatic heterocycles. The van der Waals surface area contributed by atoms with E-state index in [1.807, 2.05) is 13.8 Å². The monoisotopic (exact) mass is 274 g/mol. The van der Waals surface area contributed by atoms with Gasteiger partial charge in [-0.2, -0.15) is 0 Å². The van der Waals surface area contributed by atoms with E-state index in [1.54, 1.807) is 18.2 Å². The fourth-order valence-electron chi connectivity index (χ4n) is 1.27. The first-order valence-corrected chi connectivity index (χ1v) is 6.14. The van der Waals surface area contributed by atoms with Crippen molar-refractivity contribution in [2.45, 2.75) is 26.4 Å². The number of amides is 1. The third-order valence-electron chi connectivity index (χ3n) is 2.49. The first-order valence-electron chi connectivity index (χ1n) is 5.39. The molecule has 1 aromatic carbocycles. The SMILES string of the molecule is CC(C)[C@H](N)C(=O)NCc1ccc(Cl)cc1Cl. The number of nitrogens with two attached hydrogens (primary N) is 1. The average molecular weight is 275 g/mol. The maximum Gasteiger partial charge on any atom is 0.237 e. The van der Waals surface area contributed by atoms with Gasteiger partial charge in [0.2, 0.25) is 5.91 Å². The largest absolute Gasteiger partial charge is 0.351 e. The summed E-state index contributed by atoms with van der Waals surface area (Å²) in [5, 5.41) is 3.86. The molecular weight excluding hydrogens is 259 g/mol. The standard InChI is InChI=1S/C12H16Cl2N2O/c1-7(2)11(15)12(17)16-6-8-3-4-9(13)5-10(8)14/h3-5,7,11H,6,15H2,1-2H3,(H,16,17)/t11-/m0/s1. The van der Waals surface area contributed by atoms with Crippen molar-refractivity contribution in [1.82, 2.24) is 5.32 Å². The maximum absolute atomic E-state index is 11.6. The first-order chi connectivity index (χ1) is 7.91. The summed E-state index contributed by atoms with van der Waals surface area (Å²) in [6, 6.07) is 4.66. The predicted octanol–water partition coefficient (Wildman–Crippen LogP) is 2.59. The van der Waals surface area contributed by atoms with E-state index in [0.717, 1.165) is 5.56 Å². The van der Waals surface area contributed by atoms with Crippen LogP contribution >= 0.6 is 23.2 Å². The number of benzene rings is 1. The minimum atomic E-state index is -0.499. The third-order valence-corrected chi connectivity index (χ3v) is 3.08. The third kappa shape index (κ3) is 4.19. The number of nitrogens with one attached hydrogen (secondary N) is 1. The van der Waals surface area contributed by atoms with Gasteiger partial charge in [0.15, 0.2) is 0 Å². The molecule has 0 aliphatic carbocycles. The van der Waals surface area contributed by atoms with Gasteiger partial charge in [0.05, 0.1) is 6.04 Å². The summed E-state index contributed by atoms with van der Waals surface area (Å²) in [6.07, 6.45) is 0. The Morgan fingerprint density at radius 2 is 2.06 bits per heavy atom. The second-order valence-corrected chi connectivity index (χ2v) is 5.07. The molecule has 94 valence electrons. The van der Waals surface area contributed by atoms with E-state index >= 15 is 0 Å². The van der Waals surface area contributed by atoms with Crippen LogP contribution in [0, 0.1) is 5.92 Å². The lowest BCUT2D eigenvalue weighted by molar-refractivity contribution is -0.123. The smallest absolute Gasteiger partial charge is 0.237 e. The molecule has 0 heterocycles. The van der Waals surface area contributed by atoms with Gasteiger partial charge < -0.3 is 11.1 Å². The Morgan fingerprint density at radius 1 is 1.41 bits per heavy atom. The molecule has 0 saturated carbocycles. The van der Waals surface area contributed by atoms with Gasteiger partial charge in [-0.05, 0) is 23.6 Å². The minimum Gasteiger partial charge on any atom is -0.351 e. The second kappa shape index (κ2) is 6.24. The van der Waals surface area contributed by atoms with E-state index in [1.165, 1.54) is 0 Å². The number of hydrogen-bond acceptors (Lipinski definition) is 2. The Kier molecular flexibility index (Phi) is 5.25. The van der Waals surface area contributed by atoms with Crippen LogP contribution in [0.4, 0.5) is 0 Å². The number of carbonyl (C=O) groups is 1. The summed E-state index contributed by atoms with van der Waals surface area (Å²) in [5.74, 6) is -0.0679. The molecule has 0 aliphatic heterocycles. The summed E-state index contributed by atoms with van der Waals surface area (Å²) in [7, 11) is 0. The molecule has 1 atom stereocenters. The highest BCUT2D eigenvalue weighted by atomic mass is 35.5. The Labute approximate surface area is 111 Å². The van der Waals surface area contributed by atoms with Crippen LogP contribution < -0.4 is 11.1 Å². The molecule has 1 amide bonds. The molecule has 0 saturated heterocycles. The first kappa shape index (κ1) is 14.3. The van der Waals surface area contributed by atoms with Crippen LogP contribution in [0.15, 0.2) is 18.2 Å². The highest BCUT2D eigenvalue weighted by Crippen LogP contribution is 2.20. The summed E-state index contributed by atoms with van der Waals surface area (Å²) < 4.78 is 0. The summed E-state index contributed by atoms with van der Waals surface area (Å²) in [5.41, 5.74) is 6.54. The van der Waals surface area contributed by atoms with Crippen LogP contribution in [-0.4, -0.2) is 11.9 Å². The van der Waals surface area contributed by atoms with Crippen LogP contribution in [-0.2, 0) is 11.3 Å². The molecule has 0 radical (unpaired) electrons. The van der Waals surface area contributed by atoms with Crippen LogP contribution in [0.25, 0.3) is 0 Å². The van der Waals surface area contributed by atoms with Crippen molar-refractivity contribution < 1.29 is 4.79 Å². The Morgan fingerprint density at radius 3 is 2.59 bits per heavy atom. The van der Waals surface area contributed by atoms with Crippen molar-refractivity contribution in [3.05, 3.63) is 33.8 Å². The van der Waals surface area contributed by atoms with Crippen molar-refractivity contribution in [2.75, 3.05) is 0 Å². The number of rotatable bonds is 4. The van der Waals surface area contributed by atoms with Crippen molar-refractivity contribution in [2.24, 2.45) is 11.7 Å². The van der Waals surface area contributed by atoms with E-state index in [9.17, 15) is 4.79 Å². The van der Waals surface area contributed by atoms with E-state index in [0.29, 0.717) is 16.6 Å². The zero-order chi connectivity index (χ0) is 13.0. The van der Waals surface area contributed by atoms with Gasteiger partial charge in [-0.25, -0.2) is 0 Å². The van der Waals surface area contributed by atoms with Gasteiger partial charge in [0, 0.05) is 16.6 Å². The number of hydrogen-bond donors (Lipinski definition) is 2. The summed E-state index contributed by atoms with van der Waals surface area (Å²) in [4.78, 5) is 11.6. The molecular formula is C12H16Cl2N2O. The lowest BCUT2D eigenvalue weighted by Crippen LogP contribution is -2.43. The van der Waals surface area contributed by atoms with E-state index < -0.39 is 6.04 Å². The number of halogens is 2. The van der Waals surface area contributed by atoms with Crippen LogP contribution in [0.3, 0.4) is 0 Å². The van der Waals surface area contributed by atoms with Gasteiger partial charge in [0.1, 0.15) is 0 Å².